The lowest BCUT2D eigenvalue weighted by atomic mass is 10.1. The molecule has 0 amide bonds. The van der Waals surface area contributed by atoms with Crippen LogP contribution in [0, 0.1) is 0 Å². The zero-order chi connectivity index (χ0) is 13.2. The summed E-state index contributed by atoms with van der Waals surface area (Å²) in [6, 6.07) is 1.98. The third-order valence-electron chi connectivity index (χ3n) is 3.39. The molecule has 0 atom stereocenters. The van der Waals surface area contributed by atoms with Crippen LogP contribution in [0.25, 0.3) is 11.1 Å². The van der Waals surface area contributed by atoms with Gasteiger partial charge in [-0.3, -0.25) is 4.90 Å². The molecule has 1 saturated heterocycles. The summed E-state index contributed by atoms with van der Waals surface area (Å²) in [7, 11) is 0. The summed E-state index contributed by atoms with van der Waals surface area (Å²) in [5.41, 5.74) is 1.56. The number of halogens is 1. The molecule has 0 N–H and O–H groups in total. The number of fused-ring (bicyclic) bond motifs is 1. The van der Waals surface area contributed by atoms with Gasteiger partial charge in [0, 0.05) is 6.07 Å². The predicted octanol–water partition coefficient (Wildman–Crippen LogP) is 3.58. The number of thioether (sulfide) groups is 1. The number of furan rings is 1. The van der Waals surface area contributed by atoms with Crippen LogP contribution in [0.4, 0.5) is 0 Å². The Morgan fingerprint density at radius 3 is 2.84 bits per heavy atom. The monoisotopic (exact) mass is 297 g/mol. The molecule has 102 valence electrons. The van der Waals surface area contributed by atoms with E-state index in [2.05, 4.69) is 14.9 Å². The largest absolute Gasteiger partial charge is 0.455 e. The van der Waals surface area contributed by atoms with Crippen LogP contribution in [0.1, 0.15) is 25.0 Å². The summed E-state index contributed by atoms with van der Waals surface area (Å²) >= 11 is 7.45. The SMILES string of the molecule is CSc1nc(Cl)nc2cc(CN3CCCCC3)oc12. The minimum absolute atomic E-state index is 0.280. The minimum Gasteiger partial charge on any atom is -0.455 e. The zero-order valence-corrected chi connectivity index (χ0v) is 12.4. The maximum atomic E-state index is 5.92. The highest BCUT2D eigenvalue weighted by Crippen LogP contribution is 2.28. The lowest BCUT2D eigenvalue weighted by Gasteiger charge is -2.25. The fraction of sp³-hybridized carbons (Fsp3) is 0.538. The zero-order valence-electron chi connectivity index (χ0n) is 10.9. The van der Waals surface area contributed by atoms with E-state index >= 15 is 0 Å². The maximum absolute atomic E-state index is 5.92. The molecule has 0 aromatic carbocycles. The lowest BCUT2D eigenvalue weighted by molar-refractivity contribution is 0.206. The molecule has 1 fully saturated rings. The smallest absolute Gasteiger partial charge is 0.224 e. The topological polar surface area (TPSA) is 42.2 Å². The van der Waals surface area contributed by atoms with E-state index in [-0.39, 0.29) is 5.28 Å². The molecule has 3 rings (SSSR count). The quantitative estimate of drug-likeness (QED) is 0.492. The Balaban J connectivity index is 1.88. The molecule has 1 aliphatic heterocycles. The van der Waals surface area contributed by atoms with Crippen LogP contribution in [0.3, 0.4) is 0 Å². The molecule has 1 aliphatic rings. The molecule has 2 aromatic heterocycles. The van der Waals surface area contributed by atoms with E-state index in [1.54, 1.807) is 0 Å². The third kappa shape index (κ3) is 2.88. The van der Waals surface area contributed by atoms with Crippen molar-refractivity contribution in [2.45, 2.75) is 30.8 Å². The van der Waals surface area contributed by atoms with Crippen molar-refractivity contribution in [3.8, 4) is 0 Å². The van der Waals surface area contributed by atoms with Crippen LogP contribution in [0.15, 0.2) is 15.5 Å². The van der Waals surface area contributed by atoms with Crippen molar-refractivity contribution in [2.75, 3.05) is 19.3 Å². The number of hydrogen-bond donors (Lipinski definition) is 0. The first-order chi connectivity index (χ1) is 9.26. The van der Waals surface area contributed by atoms with Gasteiger partial charge in [0.2, 0.25) is 5.28 Å². The number of rotatable bonds is 3. The standard InChI is InChI=1S/C13H16ClN3OS/c1-19-12-11-10(15-13(14)16-12)7-9(18-11)8-17-5-3-2-4-6-17/h7H,2-6,8H2,1H3. The average molecular weight is 298 g/mol. The lowest BCUT2D eigenvalue weighted by Crippen LogP contribution is -2.28. The molecule has 0 radical (unpaired) electrons. The van der Waals surface area contributed by atoms with E-state index in [1.807, 2.05) is 12.3 Å². The minimum atomic E-state index is 0.280. The van der Waals surface area contributed by atoms with E-state index < -0.39 is 0 Å². The Morgan fingerprint density at radius 2 is 2.11 bits per heavy atom. The summed E-state index contributed by atoms with van der Waals surface area (Å²) in [6.07, 6.45) is 5.86. The fourth-order valence-corrected chi connectivity index (χ4v) is 3.22. The predicted molar refractivity (Wildman–Crippen MR) is 77.7 cm³/mol. The summed E-state index contributed by atoms with van der Waals surface area (Å²) in [6.45, 7) is 3.15. The van der Waals surface area contributed by atoms with Gasteiger partial charge >= 0.3 is 0 Å². The van der Waals surface area contributed by atoms with Crippen molar-refractivity contribution < 1.29 is 4.42 Å². The van der Waals surface area contributed by atoms with Gasteiger partial charge in [-0.25, -0.2) is 9.97 Å². The summed E-state index contributed by atoms with van der Waals surface area (Å²) in [5.74, 6) is 0.948. The highest BCUT2D eigenvalue weighted by molar-refractivity contribution is 7.98. The van der Waals surface area contributed by atoms with Crippen molar-refractivity contribution in [3.63, 3.8) is 0 Å². The molecule has 0 aliphatic carbocycles. The molecule has 3 heterocycles. The van der Waals surface area contributed by atoms with Crippen LogP contribution in [-0.4, -0.2) is 34.2 Å². The maximum Gasteiger partial charge on any atom is 0.224 e. The Bertz CT molecular complexity index is 581. The van der Waals surface area contributed by atoms with Crippen molar-refractivity contribution in [1.29, 1.82) is 0 Å². The first-order valence-corrected chi connectivity index (χ1v) is 8.09. The first-order valence-electron chi connectivity index (χ1n) is 6.48. The second-order valence-electron chi connectivity index (χ2n) is 4.77. The van der Waals surface area contributed by atoms with E-state index in [9.17, 15) is 0 Å². The Hall–Kier alpha value is -0.780. The van der Waals surface area contributed by atoms with Crippen molar-refractivity contribution in [2.24, 2.45) is 0 Å². The molecule has 19 heavy (non-hydrogen) atoms. The van der Waals surface area contributed by atoms with Crippen molar-refractivity contribution in [1.82, 2.24) is 14.9 Å². The first kappa shape index (κ1) is 13.2. The van der Waals surface area contributed by atoms with Gasteiger partial charge in [-0.05, 0) is 43.8 Å². The van der Waals surface area contributed by atoms with E-state index in [0.29, 0.717) is 0 Å². The highest BCUT2D eigenvalue weighted by atomic mass is 35.5. The van der Waals surface area contributed by atoms with Gasteiger partial charge in [-0.15, -0.1) is 11.8 Å². The fourth-order valence-electron chi connectivity index (χ4n) is 2.48. The van der Waals surface area contributed by atoms with Crippen molar-refractivity contribution in [3.05, 3.63) is 17.1 Å². The number of piperidine rings is 1. The molecule has 6 heteroatoms. The summed E-state index contributed by atoms with van der Waals surface area (Å²) < 4.78 is 5.90. The Morgan fingerprint density at radius 1 is 1.32 bits per heavy atom. The normalized spacial score (nSPS) is 17.2. The molecule has 0 bridgehead atoms. The van der Waals surface area contributed by atoms with Gasteiger partial charge in [-0.2, -0.15) is 0 Å². The van der Waals surface area contributed by atoms with E-state index in [0.717, 1.165) is 41.5 Å². The molecular weight excluding hydrogens is 282 g/mol. The number of aromatic nitrogens is 2. The molecule has 0 spiro atoms. The van der Waals surface area contributed by atoms with Gasteiger partial charge in [-0.1, -0.05) is 6.42 Å². The number of hydrogen-bond acceptors (Lipinski definition) is 5. The van der Waals surface area contributed by atoms with Gasteiger partial charge in [0.1, 0.15) is 16.3 Å². The van der Waals surface area contributed by atoms with Crippen LogP contribution in [0.2, 0.25) is 5.28 Å². The van der Waals surface area contributed by atoms with Gasteiger partial charge in [0.25, 0.3) is 0 Å². The van der Waals surface area contributed by atoms with Crippen molar-refractivity contribution >= 4 is 34.5 Å². The highest BCUT2D eigenvalue weighted by Gasteiger charge is 2.16. The van der Waals surface area contributed by atoms with Crippen LogP contribution in [0.5, 0.6) is 0 Å². The third-order valence-corrected chi connectivity index (χ3v) is 4.22. The Labute approximate surface area is 121 Å². The number of likely N-dealkylation sites (tertiary alicyclic amines) is 1. The molecule has 2 aromatic rings. The van der Waals surface area contributed by atoms with Crippen LogP contribution >= 0.6 is 23.4 Å². The van der Waals surface area contributed by atoms with E-state index in [4.69, 9.17) is 16.0 Å². The second-order valence-corrected chi connectivity index (χ2v) is 5.90. The summed E-state index contributed by atoms with van der Waals surface area (Å²) in [4.78, 5) is 10.8. The number of nitrogens with zero attached hydrogens (tertiary/aromatic N) is 3. The Kier molecular flexibility index (Phi) is 3.96. The van der Waals surface area contributed by atoms with Gasteiger partial charge in [0.05, 0.1) is 6.54 Å². The molecule has 0 saturated carbocycles. The van der Waals surface area contributed by atoms with Crippen LogP contribution < -0.4 is 0 Å². The van der Waals surface area contributed by atoms with Gasteiger partial charge in [0.15, 0.2) is 5.58 Å². The molecular formula is C13H16ClN3OS. The average Bonchev–Trinajstić information content (AvgIpc) is 2.81. The van der Waals surface area contributed by atoms with Gasteiger partial charge < -0.3 is 4.42 Å². The van der Waals surface area contributed by atoms with Crippen LogP contribution in [-0.2, 0) is 6.54 Å². The van der Waals surface area contributed by atoms with E-state index in [1.165, 1.54) is 31.0 Å². The molecule has 4 nitrogen and oxygen atoms in total. The second kappa shape index (κ2) is 5.69. The molecule has 0 unspecified atom stereocenters. The summed E-state index contributed by atoms with van der Waals surface area (Å²) in [5, 5.41) is 1.09.